The lowest BCUT2D eigenvalue weighted by atomic mass is 10.1. The first-order valence-electron chi connectivity index (χ1n) is 12.4. The Morgan fingerprint density at radius 3 is 1.93 bits per heavy atom. The van der Waals surface area contributed by atoms with Crippen LogP contribution in [0.4, 0.5) is 17.1 Å². The molecule has 2 aromatic heterocycles. The van der Waals surface area contributed by atoms with Crippen molar-refractivity contribution in [3.05, 3.63) is 107 Å². The van der Waals surface area contributed by atoms with Gasteiger partial charge in [-0.2, -0.15) is 5.26 Å². The Kier molecular flexibility index (Phi) is 7.78. The lowest BCUT2D eigenvalue weighted by Crippen LogP contribution is -2.09. The highest BCUT2D eigenvalue weighted by Crippen LogP contribution is 2.43. The van der Waals surface area contributed by atoms with Gasteiger partial charge >= 0.3 is 5.97 Å². The summed E-state index contributed by atoms with van der Waals surface area (Å²) in [7, 11) is 1.60. The number of carboxylic acid groups (broad SMARTS) is 1. The van der Waals surface area contributed by atoms with Crippen molar-refractivity contribution in [2.24, 2.45) is 0 Å². The fraction of sp³-hybridized carbons (Fsp3) is 0.0938. The Morgan fingerprint density at radius 2 is 1.43 bits per heavy atom. The third-order valence-corrected chi connectivity index (χ3v) is 8.52. The topological polar surface area (TPSA) is 86.4 Å². The second-order valence-electron chi connectivity index (χ2n) is 9.09. The van der Waals surface area contributed by atoms with E-state index in [1.54, 1.807) is 19.2 Å². The van der Waals surface area contributed by atoms with Crippen LogP contribution in [0.3, 0.4) is 0 Å². The standard InChI is InChI=1S/C32H25N3O3S2/c1-20-4-10-24(11-5-20)35(25-12-6-21(2)7-13-25)26-14-8-22(9-15-26)29-30(38-3)34-31(40-29)28-17-16-27(39-28)18-23(19-33)32(36)37/h4-18H,1-3H3,(H,36,37)/b23-18+. The highest BCUT2D eigenvalue weighted by Gasteiger charge is 2.18. The van der Waals surface area contributed by atoms with Crippen LogP contribution >= 0.6 is 22.7 Å². The molecule has 0 bridgehead atoms. The molecule has 6 nitrogen and oxygen atoms in total. The number of nitrogens with zero attached hydrogens (tertiary/aromatic N) is 3. The van der Waals surface area contributed by atoms with E-state index in [0.29, 0.717) is 10.8 Å². The number of hydrogen-bond donors (Lipinski definition) is 1. The zero-order chi connectivity index (χ0) is 28.2. The summed E-state index contributed by atoms with van der Waals surface area (Å²) < 4.78 is 5.62. The molecule has 2 heterocycles. The fourth-order valence-corrected chi connectivity index (χ4v) is 6.21. The molecule has 198 valence electrons. The molecule has 0 aliphatic heterocycles. The van der Waals surface area contributed by atoms with E-state index in [9.17, 15) is 4.79 Å². The average Bonchev–Trinajstić information content (AvgIpc) is 3.61. The molecule has 0 fully saturated rings. The van der Waals surface area contributed by atoms with Gasteiger partial charge in [0.25, 0.3) is 0 Å². The zero-order valence-electron chi connectivity index (χ0n) is 22.1. The van der Waals surface area contributed by atoms with Gasteiger partial charge in [0.1, 0.15) is 16.6 Å². The highest BCUT2D eigenvalue weighted by atomic mass is 32.1. The second kappa shape index (κ2) is 11.6. The Morgan fingerprint density at radius 1 is 0.875 bits per heavy atom. The molecular formula is C32H25N3O3S2. The van der Waals surface area contributed by atoms with Crippen LogP contribution in [-0.4, -0.2) is 23.2 Å². The van der Waals surface area contributed by atoms with Crippen LogP contribution in [0.1, 0.15) is 16.0 Å². The van der Waals surface area contributed by atoms with E-state index in [2.05, 4.69) is 96.5 Å². The molecule has 0 unspecified atom stereocenters. The second-order valence-corrected chi connectivity index (χ2v) is 11.2. The van der Waals surface area contributed by atoms with E-state index in [0.717, 1.165) is 37.4 Å². The van der Waals surface area contributed by atoms with Crippen LogP contribution in [0.2, 0.25) is 0 Å². The molecule has 5 aromatic rings. The van der Waals surface area contributed by atoms with Gasteiger partial charge in [-0.25, -0.2) is 9.78 Å². The molecule has 0 saturated carbocycles. The molecule has 0 aliphatic carbocycles. The summed E-state index contributed by atoms with van der Waals surface area (Å²) in [5, 5.41) is 19.0. The number of aliphatic carboxylic acids is 1. The Hall–Kier alpha value is -4.71. The van der Waals surface area contributed by atoms with E-state index in [-0.39, 0.29) is 5.57 Å². The number of nitriles is 1. The summed E-state index contributed by atoms with van der Waals surface area (Å²) in [5.41, 5.74) is 6.26. The number of anilines is 3. The number of ether oxygens (including phenoxy) is 1. The van der Waals surface area contributed by atoms with Crippen molar-refractivity contribution in [3.8, 4) is 32.3 Å². The van der Waals surface area contributed by atoms with Crippen molar-refractivity contribution in [2.75, 3.05) is 12.0 Å². The molecule has 5 rings (SSSR count). The Bertz CT molecular complexity index is 1680. The number of carbonyl (C=O) groups is 1. The van der Waals surface area contributed by atoms with Gasteiger partial charge in [0, 0.05) is 21.9 Å². The Balaban J connectivity index is 1.48. The van der Waals surface area contributed by atoms with Crippen molar-refractivity contribution in [1.29, 1.82) is 5.26 Å². The first-order valence-corrected chi connectivity index (χ1v) is 14.0. The van der Waals surface area contributed by atoms with Crippen molar-refractivity contribution >= 4 is 51.8 Å². The van der Waals surface area contributed by atoms with Crippen molar-refractivity contribution in [3.63, 3.8) is 0 Å². The van der Waals surface area contributed by atoms with Gasteiger partial charge < -0.3 is 14.7 Å². The number of methoxy groups -OCH3 is 1. The van der Waals surface area contributed by atoms with E-state index in [1.807, 2.05) is 6.07 Å². The summed E-state index contributed by atoms with van der Waals surface area (Å²) in [6.45, 7) is 4.16. The number of hydrogen-bond acceptors (Lipinski definition) is 7. The summed E-state index contributed by atoms with van der Waals surface area (Å²) in [4.78, 5) is 20.5. The van der Waals surface area contributed by atoms with Gasteiger partial charge in [0.2, 0.25) is 5.88 Å². The molecule has 1 N–H and O–H groups in total. The minimum absolute atomic E-state index is 0.309. The first kappa shape index (κ1) is 26.9. The van der Waals surface area contributed by atoms with Crippen LogP contribution in [-0.2, 0) is 4.79 Å². The van der Waals surface area contributed by atoms with E-state index in [1.165, 1.54) is 39.9 Å². The number of aryl methyl sites for hydroxylation is 2. The summed E-state index contributed by atoms with van der Waals surface area (Å²) in [6, 6.07) is 30.7. The van der Waals surface area contributed by atoms with Gasteiger partial charge in [-0.1, -0.05) is 47.5 Å². The van der Waals surface area contributed by atoms with Crippen molar-refractivity contribution in [1.82, 2.24) is 4.98 Å². The fourth-order valence-electron chi connectivity index (χ4n) is 4.16. The maximum Gasteiger partial charge on any atom is 0.346 e. The predicted molar refractivity (Wildman–Crippen MR) is 163 cm³/mol. The zero-order valence-corrected chi connectivity index (χ0v) is 23.7. The quantitative estimate of drug-likeness (QED) is 0.150. The smallest absolute Gasteiger partial charge is 0.346 e. The molecule has 0 amide bonds. The summed E-state index contributed by atoms with van der Waals surface area (Å²) in [6.07, 6.45) is 1.37. The molecule has 0 saturated heterocycles. The maximum absolute atomic E-state index is 11.2. The van der Waals surface area contributed by atoms with Gasteiger partial charge in [0.05, 0.1) is 16.9 Å². The average molecular weight is 564 g/mol. The predicted octanol–water partition coefficient (Wildman–Crippen LogP) is 8.63. The number of benzene rings is 3. The number of rotatable bonds is 8. The van der Waals surface area contributed by atoms with E-state index in [4.69, 9.17) is 15.1 Å². The number of thiazole rings is 1. The third kappa shape index (κ3) is 5.66. The molecule has 0 aliphatic rings. The van der Waals surface area contributed by atoms with Crippen LogP contribution in [0, 0.1) is 25.2 Å². The monoisotopic (exact) mass is 563 g/mol. The summed E-state index contributed by atoms with van der Waals surface area (Å²) in [5.74, 6) is -0.724. The van der Waals surface area contributed by atoms with E-state index < -0.39 is 5.97 Å². The van der Waals surface area contributed by atoms with Gasteiger partial charge in [0.15, 0.2) is 0 Å². The molecular weight excluding hydrogens is 539 g/mol. The molecule has 0 spiro atoms. The number of carboxylic acids is 1. The lowest BCUT2D eigenvalue weighted by molar-refractivity contribution is -0.132. The minimum atomic E-state index is -1.25. The first-order chi connectivity index (χ1) is 19.4. The summed E-state index contributed by atoms with van der Waals surface area (Å²) >= 11 is 2.88. The van der Waals surface area contributed by atoms with E-state index >= 15 is 0 Å². The molecule has 40 heavy (non-hydrogen) atoms. The minimum Gasteiger partial charge on any atom is -0.480 e. The van der Waals surface area contributed by atoms with Crippen LogP contribution < -0.4 is 9.64 Å². The molecule has 3 aromatic carbocycles. The van der Waals surface area contributed by atoms with Crippen LogP contribution in [0.5, 0.6) is 5.88 Å². The molecule has 8 heteroatoms. The van der Waals surface area contributed by atoms with Crippen LogP contribution in [0.25, 0.3) is 26.4 Å². The largest absolute Gasteiger partial charge is 0.480 e. The molecule has 0 atom stereocenters. The highest BCUT2D eigenvalue weighted by molar-refractivity contribution is 7.24. The molecule has 0 radical (unpaired) electrons. The van der Waals surface area contributed by atoms with Gasteiger partial charge in [-0.3, -0.25) is 0 Å². The van der Waals surface area contributed by atoms with Crippen molar-refractivity contribution in [2.45, 2.75) is 13.8 Å². The normalized spacial score (nSPS) is 11.2. The number of aromatic nitrogens is 1. The van der Waals surface area contributed by atoms with Gasteiger partial charge in [-0.15, -0.1) is 22.7 Å². The van der Waals surface area contributed by atoms with Crippen molar-refractivity contribution < 1.29 is 14.6 Å². The Labute approximate surface area is 240 Å². The third-order valence-electron chi connectivity index (χ3n) is 6.24. The van der Waals surface area contributed by atoms with Gasteiger partial charge in [-0.05, 0) is 74.0 Å². The SMILES string of the molecule is COc1nc(-c2ccc(/C=C(\C#N)C(=O)O)s2)sc1-c1ccc(N(c2ccc(C)cc2)c2ccc(C)cc2)cc1. The maximum atomic E-state index is 11.2. The number of thiophene rings is 1. The van der Waals surface area contributed by atoms with Crippen LogP contribution in [0.15, 0.2) is 90.5 Å². The lowest BCUT2D eigenvalue weighted by Gasteiger charge is -2.26.